The van der Waals surface area contributed by atoms with Gasteiger partial charge >= 0.3 is 0 Å². The van der Waals surface area contributed by atoms with Crippen LogP contribution in [0.2, 0.25) is 5.02 Å². The fraction of sp³-hybridized carbons (Fsp3) is 0.200. The monoisotopic (exact) mass is 420 g/mol. The topological polar surface area (TPSA) is 42.0 Å². The molecule has 0 radical (unpaired) electrons. The first-order valence-corrected chi connectivity index (χ1v) is 9.12. The van der Waals surface area contributed by atoms with Crippen LogP contribution in [0.4, 0.5) is 4.39 Å². The number of amides is 1. The molecule has 1 aliphatic rings. The summed E-state index contributed by atoms with van der Waals surface area (Å²) < 4.78 is 24.2. The predicted octanol–water partition coefficient (Wildman–Crippen LogP) is 4.10. The highest BCUT2D eigenvalue weighted by atomic mass is 35.5. The summed E-state index contributed by atoms with van der Waals surface area (Å²) in [6.45, 7) is 0.205. The third-order valence-corrected chi connectivity index (χ3v) is 5.14. The third kappa shape index (κ3) is 3.95. The fourth-order valence-electron chi connectivity index (χ4n) is 2.75. The summed E-state index contributed by atoms with van der Waals surface area (Å²) in [4.78, 5) is 15.4. The average molecular weight is 421 g/mol. The second-order valence-corrected chi connectivity index (χ2v) is 6.96. The van der Waals surface area contributed by atoms with E-state index in [0.29, 0.717) is 32.9 Å². The van der Waals surface area contributed by atoms with Gasteiger partial charge in [-0.3, -0.25) is 9.69 Å². The molecule has 0 bridgehead atoms. The van der Waals surface area contributed by atoms with Crippen molar-refractivity contribution in [2.24, 2.45) is 0 Å². The molecule has 1 aliphatic heterocycles. The normalized spacial score (nSPS) is 15.5. The molecule has 0 atom stereocenters. The predicted molar refractivity (Wildman–Crippen MR) is 110 cm³/mol. The summed E-state index contributed by atoms with van der Waals surface area (Å²) in [6, 6.07) is 9.40. The van der Waals surface area contributed by atoms with Crippen LogP contribution in [0.1, 0.15) is 11.1 Å². The lowest BCUT2D eigenvalue weighted by Crippen LogP contribution is -2.26. The van der Waals surface area contributed by atoms with Crippen molar-refractivity contribution in [3.63, 3.8) is 0 Å². The molecule has 5 nitrogen and oxygen atoms in total. The van der Waals surface area contributed by atoms with Crippen LogP contribution in [0.3, 0.4) is 0 Å². The number of hydrogen-bond donors (Lipinski definition) is 0. The van der Waals surface area contributed by atoms with E-state index in [1.807, 2.05) is 0 Å². The molecule has 0 N–H and O–H groups in total. The number of halogens is 2. The van der Waals surface area contributed by atoms with Gasteiger partial charge in [0.05, 0.1) is 12.1 Å². The molecule has 0 spiro atoms. The summed E-state index contributed by atoms with van der Waals surface area (Å²) in [6.07, 6.45) is 1.69. The molecule has 1 saturated heterocycles. The maximum Gasteiger partial charge on any atom is 0.276 e. The zero-order valence-corrected chi connectivity index (χ0v) is 17.1. The molecule has 28 heavy (non-hydrogen) atoms. The number of benzene rings is 2. The number of thiocarbonyl (C=S) groups is 1. The zero-order valence-electron chi connectivity index (χ0n) is 15.5. The van der Waals surface area contributed by atoms with Gasteiger partial charge < -0.3 is 14.4 Å². The Balaban J connectivity index is 1.87. The number of rotatable bonds is 5. The molecule has 0 aromatic heterocycles. The molecule has 0 saturated carbocycles. The van der Waals surface area contributed by atoms with Crippen molar-refractivity contribution < 1.29 is 18.7 Å². The first-order chi connectivity index (χ1) is 13.3. The van der Waals surface area contributed by atoms with E-state index < -0.39 is 0 Å². The Morgan fingerprint density at radius 1 is 1.18 bits per heavy atom. The molecule has 1 amide bonds. The Hall–Kier alpha value is -2.64. The molecule has 1 fully saturated rings. The summed E-state index contributed by atoms with van der Waals surface area (Å²) in [7, 11) is 4.86. The van der Waals surface area contributed by atoms with Gasteiger partial charge in [0.1, 0.15) is 18.1 Å². The van der Waals surface area contributed by atoms with Crippen molar-refractivity contribution in [1.82, 2.24) is 9.80 Å². The minimum Gasteiger partial charge on any atom is -0.493 e. The van der Waals surface area contributed by atoms with Crippen LogP contribution >= 0.6 is 23.8 Å². The summed E-state index contributed by atoms with van der Waals surface area (Å²) in [5, 5.41) is 0.755. The van der Waals surface area contributed by atoms with Gasteiger partial charge in [-0.25, -0.2) is 4.39 Å². The Labute approximate surface area is 172 Å². The van der Waals surface area contributed by atoms with Gasteiger partial charge in [0.2, 0.25) is 0 Å². The van der Waals surface area contributed by atoms with Crippen LogP contribution in [0, 0.1) is 5.82 Å². The number of likely N-dealkylation sites (N-methyl/N-ethyl adjacent to an activating group) is 2. The minimum absolute atomic E-state index is 0.195. The molecule has 0 unspecified atom stereocenters. The third-order valence-electron chi connectivity index (χ3n) is 4.31. The van der Waals surface area contributed by atoms with E-state index in [0.717, 1.165) is 5.56 Å². The number of nitrogens with zero attached hydrogens (tertiary/aromatic N) is 2. The van der Waals surface area contributed by atoms with Crippen LogP contribution < -0.4 is 9.47 Å². The standard InChI is InChI=1S/C20H18ClFN2O3S/c1-23-16(19(25)24(2)20(23)28)9-13-8-15(21)18(17(10-13)26-3)27-11-12-4-6-14(22)7-5-12/h4-10H,11H2,1-3H3/b16-9-. The Kier molecular flexibility index (Phi) is 5.86. The van der Waals surface area contributed by atoms with Gasteiger partial charge in [-0.15, -0.1) is 0 Å². The van der Waals surface area contributed by atoms with Crippen LogP contribution in [0.25, 0.3) is 6.08 Å². The Morgan fingerprint density at radius 3 is 2.43 bits per heavy atom. The number of methoxy groups -OCH3 is 1. The zero-order chi connectivity index (χ0) is 20.4. The van der Waals surface area contributed by atoms with Crippen molar-refractivity contribution in [3.8, 4) is 11.5 Å². The smallest absolute Gasteiger partial charge is 0.276 e. The van der Waals surface area contributed by atoms with E-state index in [4.69, 9.17) is 33.3 Å². The van der Waals surface area contributed by atoms with Crippen LogP contribution in [0.5, 0.6) is 11.5 Å². The van der Waals surface area contributed by atoms with E-state index in [1.165, 1.54) is 24.1 Å². The Bertz CT molecular complexity index is 963. The van der Waals surface area contributed by atoms with Gasteiger partial charge in [0.25, 0.3) is 5.91 Å². The van der Waals surface area contributed by atoms with E-state index in [-0.39, 0.29) is 18.3 Å². The van der Waals surface area contributed by atoms with Crippen molar-refractivity contribution >= 4 is 40.9 Å². The minimum atomic E-state index is -0.312. The van der Waals surface area contributed by atoms with Gasteiger partial charge in [0.15, 0.2) is 16.6 Å². The van der Waals surface area contributed by atoms with E-state index >= 15 is 0 Å². The first kappa shape index (κ1) is 20.1. The SMILES string of the molecule is COc1cc(/C=C2/C(=O)N(C)C(=S)N2C)cc(Cl)c1OCc1ccc(F)cc1. The summed E-state index contributed by atoms with van der Waals surface area (Å²) in [5.74, 6) is 0.285. The lowest BCUT2D eigenvalue weighted by atomic mass is 10.1. The lowest BCUT2D eigenvalue weighted by Gasteiger charge is -2.14. The van der Waals surface area contributed by atoms with Gasteiger partial charge in [-0.05, 0) is 53.7 Å². The summed E-state index contributed by atoms with van der Waals surface area (Å²) >= 11 is 11.6. The van der Waals surface area contributed by atoms with Crippen molar-refractivity contribution in [2.75, 3.05) is 21.2 Å². The van der Waals surface area contributed by atoms with Gasteiger partial charge in [-0.2, -0.15) is 0 Å². The quantitative estimate of drug-likeness (QED) is 0.538. The number of carbonyl (C=O) groups is 1. The van der Waals surface area contributed by atoms with E-state index in [1.54, 1.807) is 49.3 Å². The average Bonchev–Trinajstić information content (AvgIpc) is 2.86. The van der Waals surface area contributed by atoms with Crippen molar-refractivity contribution in [1.29, 1.82) is 0 Å². The first-order valence-electron chi connectivity index (χ1n) is 8.34. The van der Waals surface area contributed by atoms with E-state index in [9.17, 15) is 9.18 Å². The fourth-order valence-corrected chi connectivity index (χ4v) is 3.20. The number of hydrogen-bond acceptors (Lipinski definition) is 4. The maximum atomic E-state index is 13.0. The highest BCUT2D eigenvalue weighted by molar-refractivity contribution is 7.80. The molecule has 146 valence electrons. The molecular weight excluding hydrogens is 403 g/mol. The van der Waals surface area contributed by atoms with Gasteiger partial charge in [0, 0.05) is 14.1 Å². The molecule has 2 aromatic rings. The van der Waals surface area contributed by atoms with Crippen molar-refractivity contribution in [3.05, 3.63) is 64.1 Å². The second kappa shape index (κ2) is 8.16. The highest BCUT2D eigenvalue weighted by Gasteiger charge is 2.32. The maximum absolute atomic E-state index is 13.0. The number of carbonyl (C=O) groups excluding carboxylic acids is 1. The van der Waals surface area contributed by atoms with Gasteiger partial charge in [-0.1, -0.05) is 23.7 Å². The highest BCUT2D eigenvalue weighted by Crippen LogP contribution is 2.38. The van der Waals surface area contributed by atoms with Crippen molar-refractivity contribution in [2.45, 2.75) is 6.61 Å². The number of ether oxygens (including phenoxy) is 2. The van der Waals surface area contributed by atoms with E-state index in [2.05, 4.69) is 0 Å². The second-order valence-electron chi connectivity index (χ2n) is 6.18. The summed E-state index contributed by atoms with van der Waals surface area (Å²) in [5.41, 5.74) is 1.90. The molecule has 8 heteroatoms. The molecular formula is C20H18ClFN2O3S. The molecule has 2 aromatic carbocycles. The molecule has 3 rings (SSSR count). The lowest BCUT2D eigenvalue weighted by molar-refractivity contribution is -0.121. The van der Waals surface area contributed by atoms with Crippen LogP contribution in [0.15, 0.2) is 42.1 Å². The molecule has 0 aliphatic carbocycles. The molecule has 1 heterocycles. The Morgan fingerprint density at radius 2 is 1.86 bits per heavy atom. The largest absolute Gasteiger partial charge is 0.493 e. The van der Waals surface area contributed by atoms with Crippen LogP contribution in [-0.4, -0.2) is 42.0 Å². The van der Waals surface area contributed by atoms with Crippen LogP contribution in [-0.2, 0) is 11.4 Å².